The number of hydrogen-bond donors (Lipinski definition) is 3. The first kappa shape index (κ1) is 12.5. The molecule has 2 rings (SSSR count). The van der Waals surface area contributed by atoms with E-state index in [0.29, 0.717) is 17.1 Å². The minimum atomic E-state index is -0.269. The van der Waals surface area contributed by atoms with Crippen LogP contribution in [0.3, 0.4) is 0 Å². The Balaban J connectivity index is 2.22. The number of amides is 1. The number of nitrogens with zero attached hydrogens (tertiary/aromatic N) is 1. The molecule has 0 spiro atoms. The molecule has 92 valence electrons. The van der Waals surface area contributed by atoms with Gasteiger partial charge in [0.05, 0.1) is 5.56 Å². The number of nitrogen functional groups attached to an aromatic ring is 1. The fourth-order valence-electron chi connectivity index (χ4n) is 1.47. The molecule has 1 aromatic heterocycles. The van der Waals surface area contributed by atoms with Crippen molar-refractivity contribution in [2.75, 3.05) is 10.7 Å². The third kappa shape index (κ3) is 2.85. The summed E-state index contributed by atoms with van der Waals surface area (Å²) >= 11 is 3.34. The van der Waals surface area contributed by atoms with E-state index in [1.54, 1.807) is 24.4 Å². The summed E-state index contributed by atoms with van der Waals surface area (Å²) in [4.78, 5) is 16.0. The van der Waals surface area contributed by atoms with E-state index in [2.05, 4.69) is 31.7 Å². The van der Waals surface area contributed by atoms with Crippen molar-refractivity contribution in [1.29, 1.82) is 0 Å². The normalized spacial score (nSPS) is 9.89. The topological polar surface area (TPSA) is 80.0 Å². The Labute approximate surface area is 113 Å². The van der Waals surface area contributed by atoms with Gasteiger partial charge in [0, 0.05) is 16.4 Å². The van der Waals surface area contributed by atoms with E-state index in [9.17, 15) is 4.79 Å². The molecule has 0 aliphatic heterocycles. The molecule has 0 atom stereocenters. The Kier molecular flexibility index (Phi) is 3.91. The molecular weight excluding hydrogens is 296 g/mol. The maximum Gasteiger partial charge on any atom is 0.259 e. The second kappa shape index (κ2) is 5.61. The average Bonchev–Trinajstić information content (AvgIpc) is 2.38. The van der Waals surface area contributed by atoms with Crippen molar-refractivity contribution >= 4 is 33.3 Å². The van der Waals surface area contributed by atoms with Crippen LogP contribution in [0.15, 0.2) is 47.1 Å². The van der Waals surface area contributed by atoms with Gasteiger partial charge >= 0.3 is 0 Å². The Bertz CT molecular complexity index is 574. The Morgan fingerprint density at radius 3 is 2.83 bits per heavy atom. The number of hydrogen-bond acceptors (Lipinski definition) is 4. The van der Waals surface area contributed by atoms with E-state index in [-0.39, 0.29) is 5.91 Å². The first-order valence-electron chi connectivity index (χ1n) is 5.19. The van der Waals surface area contributed by atoms with Crippen molar-refractivity contribution in [2.24, 2.45) is 5.84 Å². The smallest absolute Gasteiger partial charge is 0.259 e. The molecule has 1 heterocycles. The van der Waals surface area contributed by atoms with E-state index >= 15 is 0 Å². The van der Waals surface area contributed by atoms with Gasteiger partial charge in [0.1, 0.15) is 0 Å². The van der Waals surface area contributed by atoms with E-state index < -0.39 is 0 Å². The molecule has 0 fully saturated rings. The summed E-state index contributed by atoms with van der Waals surface area (Å²) in [5, 5.41) is 2.77. The first-order valence-corrected chi connectivity index (χ1v) is 5.98. The lowest BCUT2D eigenvalue weighted by Gasteiger charge is -2.08. The van der Waals surface area contributed by atoms with Gasteiger partial charge in [-0.1, -0.05) is 22.0 Å². The predicted octanol–water partition coefficient (Wildman–Crippen LogP) is 2.38. The second-order valence-electron chi connectivity index (χ2n) is 3.51. The van der Waals surface area contributed by atoms with Crippen LogP contribution < -0.4 is 16.6 Å². The van der Waals surface area contributed by atoms with Crippen LogP contribution in [0.1, 0.15) is 10.4 Å². The molecule has 1 aromatic carbocycles. The third-order valence-corrected chi connectivity index (χ3v) is 2.76. The number of nitrogens with one attached hydrogen (secondary N) is 2. The standard InChI is InChI=1S/C12H11BrN4O/c13-8-3-1-4-9(7-8)16-12(18)10-5-2-6-15-11(10)17-14/h1-7H,14H2,(H,15,17)(H,16,18). The molecule has 0 saturated heterocycles. The van der Waals surface area contributed by atoms with Gasteiger partial charge in [-0.2, -0.15) is 0 Å². The molecule has 0 unspecified atom stereocenters. The summed E-state index contributed by atoms with van der Waals surface area (Å²) in [5.74, 6) is 5.37. The summed E-state index contributed by atoms with van der Waals surface area (Å²) in [6.07, 6.45) is 1.56. The Morgan fingerprint density at radius 1 is 1.28 bits per heavy atom. The van der Waals surface area contributed by atoms with Gasteiger partial charge in [-0.15, -0.1) is 0 Å². The third-order valence-electron chi connectivity index (χ3n) is 2.27. The van der Waals surface area contributed by atoms with Crippen molar-refractivity contribution in [3.05, 3.63) is 52.6 Å². The largest absolute Gasteiger partial charge is 0.322 e. The lowest BCUT2D eigenvalue weighted by molar-refractivity contribution is 0.102. The Hall–Kier alpha value is -1.92. The molecule has 2 aromatic rings. The quantitative estimate of drug-likeness (QED) is 0.601. The average molecular weight is 307 g/mol. The van der Waals surface area contributed by atoms with Crippen LogP contribution in [0.5, 0.6) is 0 Å². The van der Waals surface area contributed by atoms with Crippen LogP contribution in [0.4, 0.5) is 11.5 Å². The summed E-state index contributed by atoms with van der Waals surface area (Å²) in [7, 11) is 0. The zero-order chi connectivity index (χ0) is 13.0. The van der Waals surface area contributed by atoms with Gasteiger partial charge in [-0.25, -0.2) is 10.8 Å². The molecule has 0 bridgehead atoms. The van der Waals surface area contributed by atoms with Gasteiger partial charge in [-0.05, 0) is 30.3 Å². The number of aromatic nitrogens is 1. The number of benzene rings is 1. The van der Waals surface area contributed by atoms with Crippen molar-refractivity contribution in [3.63, 3.8) is 0 Å². The summed E-state index contributed by atoms with van der Waals surface area (Å²) < 4.78 is 0.892. The number of anilines is 2. The maximum atomic E-state index is 12.0. The molecule has 0 radical (unpaired) electrons. The van der Waals surface area contributed by atoms with Crippen LogP contribution in [0.25, 0.3) is 0 Å². The highest BCUT2D eigenvalue weighted by Crippen LogP contribution is 2.18. The van der Waals surface area contributed by atoms with E-state index in [0.717, 1.165) is 4.47 Å². The lowest BCUT2D eigenvalue weighted by atomic mass is 10.2. The fourth-order valence-corrected chi connectivity index (χ4v) is 1.87. The molecular formula is C12H11BrN4O. The SMILES string of the molecule is NNc1ncccc1C(=O)Nc1cccc(Br)c1. The van der Waals surface area contributed by atoms with Crippen LogP contribution in [-0.2, 0) is 0 Å². The van der Waals surface area contributed by atoms with Crippen molar-refractivity contribution in [3.8, 4) is 0 Å². The van der Waals surface area contributed by atoms with E-state index in [1.165, 1.54) is 0 Å². The number of pyridine rings is 1. The van der Waals surface area contributed by atoms with Gasteiger partial charge in [-0.3, -0.25) is 4.79 Å². The second-order valence-corrected chi connectivity index (χ2v) is 4.42. The zero-order valence-corrected chi connectivity index (χ0v) is 10.9. The molecule has 0 aliphatic carbocycles. The minimum absolute atomic E-state index is 0.269. The highest BCUT2D eigenvalue weighted by molar-refractivity contribution is 9.10. The summed E-state index contributed by atoms with van der Waals surface area (Å²) in [6, 6.07) is 10.7. The van der Waals surface area contributed by atoms with Crippen LogP contribution in [0.2, 0.25) is 0 Å². The van der Waals surface area contributed by atoms with Crippen LogP contribution in [0, 0.1) is 0 Å². The van der Waals surface area contributed by atoms with Crippen LogP contribution >= 0.6 is 15.9 Å². The van der Waals surface area contributed by atoms with Crippen molar-refractivity contribution in [2.45, 2.75) is 0 Å². The number of hydrazine groups is 1. The maximum absolute atomic E-state index is 12.0. The summed E-state index contributed by atoms with van der Waals surface area (Å²) in [6.45, 7) is 0. The molecule has 1 amide bonds. The molecule has 4 N–H and O–H groups in total. The monoisotopic (exact) mass is 306 g/mol. The lowest BCUT2D eigenvalue weighted by Crippen LogP contribution is -2.18. The fraction of sp³-hybridized carbons (Fsp3) is 0. The number of carbonyl (C=O) groups excluding carboxylic acids is 1. The van der Waals surface area contributed by atoms with Gasteiger partial charge < -0.3 is 10.7 Å². The molecule has 0 saturated carbocycles. The van der Waals surface area contributed by atoms with Crippen molar-refractivity contribution < 1.29 is 4.79 Å². The van der Waals surface area contributed by atoms with E-state index in [4.69, 9.17) is 5.84 Å². The first-order chi connectivity index (χ1) is 8.70. The van der Waals surface area contributed by atoms with Crippen molar-refractivity contribution in [1.82, 2.24) is 4.98 Å². The summed E-state index contributed by atoms with van der Waals surface area (Å²) in [5.41, 5.74) is 3.48. The minimum Gasteiger partial charge on any atom is -0.322 e. The van der Waals surface area contributed by atoms with Gasteiger partial charge in [0.25, 0.3) is 5.91 Å². The predicted molar refractivity (Wildman–Crippen MR) is 74.1 cm³/mol. The molecule has 18 heavy (non-hydrogen) atoms. The number of rotatable bonds is 3. The van der Waals surface area contributed by atoms with Crippen LogP contribution in [-0.4, -0.2) is 10.9 Å². The Morgan fingerprint density at radius 2 is 2.11 bits per heavy atom. The highest BCUT2D eigenvalue weighted by atomic mass is 79.9. The zero-order valence-electron chi connectivity index (χ0n) is 9.35. The van der Waals surface area contributed by atoms with E-state index in [1.807, 2.05) is 18.2 Å². The molecule has 6 heteroatoms. The number of halogens is 1. The molecule has 5 nitrogen and oxygen atoms in total. The number of nitrogens with two attached hydrogens (primary N) is 1. The highest BCUT2D eigenvalue weighted by Gasteiger charge is 2.11. The van der Waals surface area contributed by atoms with Gasteiger partial charge in [0.2, 0.25) is 0 Å². The van der Waals surface area contributed by atoms with Gasteiger partial charge in [0.15, 0.2) is 5.82 Å². The number of carbonyl (C=O) groups is 1. The molecule has 0 aliphatic rings.